The van der Waals surface area contributed by atoms with Gasteiger partial charge < -0.3 is 16.6 Å². The Morgan fingerprint density at radius 1 is 1.38 bits per heavy atom. The van der Waals surface area contributed by atoms with Crippen LogP contribution in [-0.4, -0.2) is 11.1 Å². The van der Waals surface area contributed by atoms with E-state index in [1.165, 1.54) is 0 Å². The van der Waals surface area contributed by atoms with Gasteiger partial charge in [0.2, 0.25) is 0 Å². The van der Waals surface area contributed by atoms with Crippen molar-refractivity contribution < 1.29 is 9.90 Å². The molecule has 0 unspecified atom stereocenters. The van der Waals surface area contributed by atoms with E-state index >= 15 is 0 Å². The van der Waals surface area contributed by atoms with Gasteiger partial charge in [0.05, 0.1) is 17.8 Å². The Morgan fingerprint density at radius 3 is 2.54 bits per heavy atom. The molecule has 0 amide bonds. The van der Waals surface area contributed by atoms with Crippen molar-refractivity contribution in [3.63, 3.8) is 0 Å². The first-order valence-electron chi connectivity index (χ1n) is 3.87. The fourth-order valence-corrected chi connectivity index (χ4v) is 1.11. The van der Waals surface area contributed by atoms with Crippen molar-refractivity contribution in [1.29, 1.82) is 0 Å². The van der Waals surface area contributed by atoms with Crippen LogP contribution in [0, 0.1) is 6.92 Å². The molecule has 0 aliphatic heterocycles. The van der Waals surface area contributed by atoms with Gasteiger partial charge in [-0.15, -0.1) is 0 Å². The summed E-state index contributed by atoms with van der Waals surface area (Å²) in [4.78, 5) is 10.4. The van der Waals surface area contributed by atoms with Crippen molar-refractivity contribution in [3.8, 4) is 0 Å². The minimum absolute atomic E-state index is 0.0870. The van der Waals surface area contributed by atoms with Crippen molar-refractivity contribution in [3.05, 3.63) is 23.3 Å². The molecule has 0 aromatic heterocycles. The highest BCUT2D eigenvalue weighted by Gasteiger charge is 2.08. The molecule has 0 bridgehead atoms. The van der Waals surface area contributed by atoms with Crippen molar-refractivity contribution >= 4 is 17.3 Å². The fourth-order valence-electron chi connectivity index (χ4n) is 1.11. The molecule has 13 heavy (non-hydrogen) atoms. The molecule has 70 valence electrons. The second-order valence-corrected chi connectivity index (χ2v) is 2.94. The van der Waals surface area contributed by atoms with Crippen LogP contribution in [0.25, 0.3) is 0 Å². The molecule has 0 aliphatic carbocycles. The third-order valence-corrected chi connectivity index (χ3v) is 1.94. The number of nitrogen functional groups attached to an aromatic ring is 2. The summed E-state index contributed by atoms with van der Waals surface area (Å²) in [6.07, 6.45) is -0.0870. The van der Waals surface area contributed by atoms with Crippen molar-refractivity contribution in [2.45, 2.75) is 13.3 Å². The van der Waals surface area contributed by atoms with E-state index < -0.39 is 5.97 Å². The average Bonchev–Trinajstić information content (AvgIpc) is 2.06. The van der Waals surface area contributed by atoms with Crippen LogP contribution in [0.1, 0.15) is 11.1 Å². The highest BCUT2D eigenvalue weighted by Crippen LogP contribution is 2.23. The highest BCUT2D eigenvalue weighted by molar-refractivity contribution is 5.78. The second-order valence-electron chi connectivity index (χ2n) is 2.94. The summed E-state index contributed by atoms with van der Waals surface area (Å²) in [5, 5.41) is 8.56. The lowest BCUT2D eigenvalue weighted by molar-refractivity contribution is -0.136. The lowest BCUT2D eigenvalue weighted by Crippen LogP contribution is -2.06. The van der Waals surface area contributed by atoms with E-state index in [0.717, 1.165) is 5.56 Å². The predicted octanol–water partition coefficient (Wildman–Crippen LogP) is 0.787. The first-order chi connectivity index (χ1) is 6.02. The topological polar surface area (TPSA) is 89.3 Å². The van der Waals surface area contributed by atoms with Crippen molar-refractivity contribution in [1.82, 2.24) is 0 Å². The predicted molar refractivity (Wildman–Crippen MR) is 51.3 cm³/mol. The maximum atomic E-state index is 10.4. The van der Waals surface area contributed by atoms with Crippen LogP contribution in [0.2, 0.25) is 0 Å². The monoisotopic (exact) mass is 180 g/mol. The Bertz CT molecular complexity index is 348. The maximum absolute atomic E-state index is 10.4. The quantitative estimate of drug-likeness (QED) is 0.587. The number of anilines is 2. The van der Waals surface area contributed by atoms with E-state index in [2.05, 4.69) is 0 Å². The normalized spacial score (nSPS) is 9.92. The molecule has 0 spiro atoms. The number of aryl methyl sites for hydroxylation is 1. The summed E-state index contributed by atoms with van der Waals surface area (Å²) in [5.41, 5.74) is 13.6. The van der Waals surface area contributed by atoms with Gasteiger partial charge in [0.1, 0.15) is 0 Å². The molecule has 5 N–H and O–H groups in total. The number of aliphatic carboxylic acids is 1. The van der Waals surface area contributed by atoms with E-state index in [9.17, 15) is 4.79 Å². The minimum atomic E-state index is -0.907. The zero-order chi connectivity index (χ0) is 10.0. The standard InChI is InChI=1S/C9H12N2O2/c1-5-2-3-6(4-7(12)13)9(11)8(5)10/h2-3H,4,10-11H2,1H3,(H,12,13). The maximum Gasteiger partial charge on any atom is 0.307 e. The zero-order valence-corrected chi connectivity index (χ0v) is 7.37. The van der Waals surface area contributed by atoms with Gasteiger partial charge in [-0.05, 0) is 18.1 Å². The Kier molecular flexibility index (Phi) is 2.41. The largest absolute Gasteiger partial charge is 0.481 e. The van der Waals surface area contributed by atoms with Crippen LogP contribution in [0.4, 0.5) is 11.4 Å². The summed E-state index contributed by atoms with van der Waals surface area (Å²) in [6, 6.07) is 3.46. The van der Waals surface area contributed by atoms with Crippen LogP contribution < -0.4 is 11.5 Å². The molecular formula is C9H12N2O2. The van der Waals surface area contributed by atoms with Crippen LogP contribution in [0.5, 0.6) is 0 Å². The van der Waals surface area contributed by atoms with E-state index in [1.807, 2.05) is 6.92 Å². The fraction of sp³-hybridized carbons (Fsp3) is 0.222. The summed E-state index contributed by atoms with van der Waals surface area (Å²) in [5.74, 6) is -0.907. The molecule has 1 aromatic carbocycles. The average molecular weight is 180 g/mol. The first kappa shape index (κ1) is 9.38. The Balaban J connectivity index is 3.10. The number of carbonyl (C=O) groups is 1. The molecule has 0 fully saturated rings. The minimum Gasteiger partial charge on any atom is -0.481 e. The van der Waals surface area contributed by atoms with E-state index in [0.29, 0.717) is 16.9 Å². The van der Waals surface area contributed by atoms with Gasteiger partial charge in [-0.2, -0.15) is 0 Å². The van der Waals surface area contributed by atoms with Crippen LogP contribution in [-0.2, 0) is 11.2 Å². The van der Waals surface area contributed by atoms with E-state index in [-0.39, 0.29) is 6.42 Å². The van der Waals surface area contributed by atoms with Gasteiger partial charge in [0, 0.05) is 0 Å². The Morgan fingerprint density at radius 2 is 2.00 bits per heavy atom. The Hall–Kier alpha value is -1.71. The second kappa shape index (κ2) is 3.35. The number of hydrogen-bond donors (Lipinski definition) is 3. The molecule has 1 aromatic rings. The van der Waals surface area contributed by atoms with Crippen molar-refractivity contribution in [2.75, 3.05) is 11.5 Å². The van der Waals surface area contributed by atoms with Crippen LogP contribution in [0.15, 0.2) is 12.1 Å². The molecule has 0 saturated heterocycles. The molecule has 0 aliphatic rings. The van der Waals surface area contributed by atoms with E-state index in [4.69, 9.17) is 16.6 Å². The molecule has 0 saturated carbocycles. The van der Waals surface area contributed by atoms with Crippen LogP contribution >= 0.6 is 0 Å². The lowest BCUT2D eigenvalue weighted by Gasteiger charge is -2.08. The third-order valence-electron chi connectivity index (χ3n) is 1.94. The zero-order valence-electron chi connectivity index (χ0n) is 7.37. The SMILES string of the molecule is Cc1ccc(CC(=O)O)c(N)c1N. The molecular weight excluding hydrogens is 168 g/mol. The summed E-state index contributed by atoms with van der Waals surface area (Å²) in [6.45, 7) is 1.83. The van der Waals surface area contributed by atoms with Gasteiger partial charge in [0.15, 0.2) is 0 Å². The van der Waals surface area contributed by atoms with Gasteiger partial charge in [-0.1, -0.05) is 12.1 Å². The molecule has 0 atom stereocenters. The third kappa shape index (κ3) is 1.90. The van der Waals surface area contributed by atoms with Gasteiger partial charge >= 0.3 is 5.97 Å². The number of benzene rings is 1. The van der Waals surface area contributed by atoms with Crippen LogP contribution in [0.3, 0.4) is 0 Å². The molecule has 4 nitrogen and oxygen atoms in total. The van der Waals surface area contributed by atoms with Gasteiger partial charge in [-0.3, -0.25) is 4.79 Å². The Labute approximate surface area is 76.2 Å². The first-order valence-corrected chi connectivity index (χ1v) is 3.87. The number of hydrogen-bond acceptors (Lipinski definition) is 3. The summed E-state index contributed by atoms with van der Waals surface area (Å²) in [7, 11) is 0. The van der Waals surface area contributed by atoms with E-state index in [1.54, 1.807) is 12.1 Å². The smallest absolute Gasteiger partial charge is 0.307 e. The molecule has 0 radical (unpaired) electrons. The number of carboxylic acids is 1. The lowest BCUT2D eigenvalue weighted by atomic mass is 10.1. The van der Waals surface area contributed by atoms with Gasteiger partial charge in [0.25, 0.3) is 0 Å². The molecule has 1 rings (SSSR count). The number of rotatable bonds is 2. The summed E-state index contributed by atoms with van der Waals surface area (Å²) >= 11 is 0. The summed E-state index contributed by atoms with van der Waals surface area (Å²) < 4.78 is 0. The number of nitrogens with two attached hydrogens (primary N) is 2. The van der Waals surface area contributed by atoms with Gasteiger partial charge in [-0.25, -0.2) is 0 Å². The molecule has 4 heteroatoms. The highest BCUT2D eigenvalue weighted by atomic mass is 16.4. The van der Waals surface area contributed by atoms with Crippen molar-refractivity contribution in [2.24, 2.45) is 0 Å². The number of carboxylic acid groups (broad SMARTS) is 1. The molecule has 0 heterocycles.